The largest absolute Gasteiger partial charge is 0.489 e. The molecule has 0 heterocycles. The van der Waals surface area contributed by atoms with Gasteiger partial charge in [-0.25, -0.2) is 4.39 Å². The van der Waals surface area contributed by atoms with E-state index in [2.05, 4.69) is 5.32 Å². The van der Waals surface area contributed by atoms with Crippen molar-refractivity contribution in [1.82, 2.24) is 0 Å². The minimum Gasteiger partial charge on any atom is -0.489 e. The lowest BCUT2D eigenvalue weighted by atomic mass is 10.2. The average molecular weight is 352 g/mol. The number of halogens is 1. The molecule has 132 valence electrons. The highest BCUT2D eigenvalue weighted by Gasteiger charge is 2.05. The van der Waals surface area contributed by atoms with Gasteiger partial charge in [-0.2, -0.15) is 0 Å². The number of nitro groups is 1. The Labute approximate surface area is 150 Å². The number of ether oxygens (including phenoxy) is 1. The summed E-state index contributed by atoms with van der Waals surface area (Å²) in [5, 5.41) is 13.9. The van der Waals surface area contributed by atoms with E-state index in [4.69, 9.17) is 4.74 Å². The molecule has 0 amide bonds. The molecular formula is C20H17FN2O3. The summed E-state index contributed by atoms with van der Waals surface area (Å²) in [6, 6.07) is 20.3. The summed E-state index contributed by atoms with van der Waals surface area (Å²) >= 11 is 0. The predicted octanol–water partition coefficient (Wildman–Crippen LogP) is 4.93. The molecule has 0 atom stereocenters. The van der Waals surface area contributed by atoms with Gasteiger partial charge in [0.1, 0.15) is 18.2 Å². The first-order valence-electron chi connectivity index (χ1n) is 8.05. The second kappa shape index (κ2) is 8.11. The van der Waals surface area contributed by atoms with Crippen molar-refractivity contribution in [2.24, 2.45) is 0 Å². The fourth-order valence-electron chi connectivity index (χ4n) is 2.41. The highest BCUT2D eigenvalue weighted by atomic mass is 19.1. The average Bonchev–Trinajstić information content (AvgIpc) is 2.67. The van der Waals surface area contributed by atoms with Gasteiger partial charge in [0, 0.05) is 29.9 Å². The number of nitrogens with one attached hydrogen (secondary N) is 1. The third kappa shape index (κ3) is 4.57. The Kier molecular flexibility index (Phi) is 5.43. The van der Waals surface area contributed by atoms with Crippen molar-refractivity contribution in [3.8, 4) is 5.75 Å². The topological polar surface area (TPSA) is 64.4 Å². The lowest BCUT2D eigenvalue weighted by Gasteiger charge is -2.09. The fraction of sp³-hybridized carbons (Fsp3) is 0.100. The molecule has 5 nitrogen and oxygen atoms in total. The molecule has 0 spiro atoms. The van der Waals surface area contributed by atoms with Gasteiger partial charge in [-0.1, -0.05) is 36.4 Å². The van der Waals surface area contributed by atoms with Crippen LogP contribution in [0.3, 0.4) is 0 Å². The lowest BCUT2D eigenvalue weighted by Crippen LogP contribution is -2.01. The van der Waals surface area contributed by atoms with Crippen LogP contribution in [-0.4, -0.2) is 4.92 Å². The van der Waals surface area contributed by atoms with Crippen molar-refractivity contribution >= 4 is 11.4 Å². The Morgan fingerprint density at radius 1 is 1.00 bits per heavy atom. The van der Waals surface area contributed by atoms with Crippen LogP contribution in [0.2, 0.25) is 0 Å². The van der Waals surface area contributed by atoms with Gasteiger partial charge in [-0.15, -0.1) is 0 Å². The zero-order valence-corrected chi connectivity index (χ0v) is 13.9. The number of hydrogen-bond donors (Lipinski definition) is 1. The van der Waals surface area contributed by atoms with Crippen LogP contribution in [-0.2, 0) is 13.2 Å². The molecule has 6 heteroatoms. The van der Waals surface area contributed by atoms with E-state index < -0.39 is 4.92 Å². The van der Waals surface area contributed by atoms with E-state index in [9.17, 15) is 14.5 Å². The predicted molar refractivity (Wildman–Crippen MR) is 97.6 cm³/mol. The Morgan fingerprint density at radius 3 is 2.50 bits per heavy atom. The van der Waals surface area contributed by atoms with Crippen LogP contribution < -0.4 is 10.1 Å². The summed E-state index contributed by atoms with van der Waals surface area (Å²) in [4.78, 5) is 10.4. The number of anilines is 1. The number of non-ortho nitro benzene ring substituents is 1. The van der Waals surface area contributed by atoms with Crippen molar-refractivity contribution < 1.29 is 14.1 Å². The van der Waals surface area contributed by atoms with Gasteiger partial charge in [0.15, 0.2) is 0 Å². The van der Waals surface area contributed by atoms with Crippen molar-refractivity contribution in [1.29, 1.82) is 0 Å². The monoisotopic (exact) mass is 352 g/mol. The highest BCUT2D eigenvalue weighted by molar-refractivity contribution is 5.51. The second-order valence-corrected chi connectivity index (χ2v) is 5.69. The van der Waals surface area contributed by atoms with Crippen LogP contribution in [0, 0.1) is 15.9 Å². The number of hydrogen-bond acceptors (Lipinski definition) is 4. The smallest absolute Gasteiger partial charge is 0.271 e. The Morgan fingerprint density at radius 2 is 1.77 bits per heavy atom. The van der Waals surface area contributed by atoms with Crippen molar-refractivity contribution in [3.05, 3.63) is 99.9 Å². The summed E-state index contributed by atoms with van der Waals surface area (Å²) in [7, 11) is 0. The minimum atomic E-state index is -0.424. The van der Waals surface area contributed by atoms with E-state index in [1.807, 2.05) is 24.3 Å². The van der Waals surface area contributed by atoms with E-state index in [-0.39, 0.29) is 18.1 Å². The summed E-state index contributed by atoms with van der Waals surface area (Å²) < 4.78 is 19.2. The summed E-state index contributed by atoms with van der Waals surface area (Å²) in [5.41, 5.74) is 2.23. The molecule has 0 unspecified atom stereocenters. The Bertz CT molecular complexity index is 898. The van der Waals surface area contributed by atoms with Gasteiger partial charge >= 0.3 is 0 Å². The zero-order valence-electron chi connectivity index (χ0n) is 13.9. The molecule has 3 aromatic carbocycles. The highest BCUT2D eigenvalue weighted by Crippen LogP contribution is 2.19. The van der Waals surface area contributed by atoms with Gasteiger partial charge in [0.05, 0.1) is 4.92 Å². The van der Waals surface area contributed by atoms with Gasteiger partial charge in [0.25, 0.3) is 5.69 Å². The molecule has 3 aromatic rings. The Hall–Kier alpha value is -3.41. The van der Waals surface area contributed by atoms with Crippen molar-refractivity contribution in [2.45, 2.75) is 13.2 Å². The molecule has 0 radical (unpaired) electrons. The zero-order chi connectivity index (χ0) is 18.4. The van der Waals surface area contributed by atoms with Gasteiger partial charge in [0.2, 0.25) is 0 Å². The van der Waals surface area contributed by atoms with Crippen LogP contribution in [0.1, 0.15) is 11.1 Å². The van der Waals surface area contributed by atoms with Gasteiger partial charge in [-0.3, -0.25) is 10.1 Å². The van der Waals surface area contributed by atoms with Crippen molar-refractivity contribution in [2.75, 3.05) is 5.32 Å². The number of benzene rings is 3. The molecule has 0 aliphatic heterocycles. The molecule has 1 N–H and O–H groups in total. The quantitative estimate of drug-likeness (QED) is 0.484. The maximum atomic E-state index is 13.6. The van der Waals surface area contributed by atoms with E-state index >= 15 is 0 Å². The van der Waals surface area contributed by atoms with E-state index in [1.165, 1.54) is 18.2 Å². The first-order chi connectivity index (χ1) is 12.6. The van der Waals surface area contributed by atoms with Crippen LogP contribution in [0.15, 0.2) is 72.8 Å². The molecule has 0 aromatic heterocycles. The summed E-state index contributed by atoms with van der Waals surface area (Å²) in [6.07, 6.45) is 0. The molecule has 0 saturated heterocycles. The first-order valence-corrected chi connectivity index (χ1v) is 8.05. The molecule has 26 heavy (non-hydrogen) atoms. The van der Waals surface area contributed by atoms with Crippen molar-refractivity contribution in [3.63, 3.8) is 0 Å². The minimum absolute atomic E-state index is 0.0480. The van der Waals surface area contributed by atoms with E-state index in [0.717, 1.165) is 5.56 Å². The SMILES string of the molecule is O=[N+]([O-])c1cccc(NCc2ccc(OCc3ccccc3F)cc2)c1. The normalized spacial score (nSPS) is 10.3. The van der Waals surface area contributed by atoms with Crippen LogP contribution in [0.25, 0.3) is 0 Å². The maximum Gasteiger partial charge on any atom is 0.271 e. The number of nitrogens with zero attached hydrogens (tertiary/aromatic N) is 1. The van der Waals surface area contributed by atoms with Crippen LogP contribution >= 0.6 is 0 Å². The maximum absolute atomic E-state index is 13.6. The number of nitro benzene ring substituents is 1. The number of rotatable bonds is 7. The van der Waals surface area contributed by atoms with Crippen LogP contribution in [0.4, 0.5) is 15.8 Å². The van der Waals surface area contributed by atoms with Gasteiger partial charge in [-0.05, 0) is 29.8 Å². The molecular weight excluding hydrogens is 335 g/mol. The summed E-state index contributed by atoms with van der Waals surface area (Å²) in [6.45, 7) is 0.687. The molecule has 0 bridgehead atoms. The fourth-order valence-corrected chi connectivity index (χ4v) is 2.41. The third-order valence-corrected chi connectivity index (χ3v) is 3.83. The first kappa shape index (κ1) is 17.4. The lowest BCUT2D eigenvalue weighted by molar-refractivity contribution is -0.384. The van der Waals surface area contributed by atoms with E-state index in [1.54, 1.807) is 30.3 Å². The van der Waals surface area contributed by atoms with Gasteiger partial charge < -0.3 is 10.1 Å². The summed E-state index contributed by atoms with van der Waals surface area (Å²) in [5.74, 6) is 0.359. The standard InChI is InChI=1S/C20H17FN2O3/c21-20-7-2-1-4-16(20)14-26-19-10-8-15(9-11-19)13-22-17-5-3-6-18(12-17)23(24)25/h1-12,22H,13-14H2. The molecule has 0 saturated carbocycles. The molecule has 0 fully saturated rings. The molecule has 0 aliphatic rings. The van der Waals surface area contributed by atoms with E-state index in [0.29, 0.717) is 23.5 Å². The third-order valence-electron chi connectivity index (χ3n) is 3.83. The second-order valence-electron chi connectivity index (χ2n) is 5.69. The van der Waals surface area contributed by atoms with Crippen LogP contribution in [0.5, 0.6) is 5.75 Å². The molecule has 0 aliphatic carbocycles. The Balaban J connectivity index is 1.55. The molecule has 3 rings (SSSR count).